The second-order valence-corrected chi connectivity index (χ2v) is 3.99. The molecule has 0 saturated carbocycles. The number of rotatable bonds is 2. The van der Waals surface area contributed by atoms with Gasteiger partial charge in [0.05, 0.1) is 13.0 Å². The maximum Gasteiger partial charge on any atom is 0.236 e. The number of nitrogens with zero attached hydrogens (tertiary/aromatic N) is 1. The van der Waals surface area contributed by atoms with Crippen molar-refractivity contribution in [1.29, 1.82) is 0 Å². The Labute approximate surface area is 96.9 Å². The zero-order valence-corrected chi connectivity index (χ0v) is 8.89. The van der Waals surface area contributed by atoms with Crippen LogP contribution in [0.4, 0.5) is 0 Å². The molecule has 2 rings (SSSR count). The lowest BCUT2D eigenvalue weighted by Gasteiger charge is -2.28. The molecule has 17 heavy (non-hydrogen) atoms. The predicted molar refractivity (Wildman–Crippen MR) is 53.4 cm³/mol. The smallest absolute Gasteiger partial charge is 0.236 e. The van der Waals surface area contributed by atoms with Crippen LogP contribution in [0, 0.1) is 0 Å². The van der Waals surface area contributed by atoms with Crippen molar-refractivity contribution in [2.45, 2.75) is 31.0 Å². The van der Waals surface area contributed by atoms with Crippen molar-refractivity contribution in [1.82, 2.24) is 4.90 Å². The summed E-state index contributed by atoms with van der Waals surface area (Å²) in [6.07, 6.45) is -2.45. The number of aliphatic hydroxyl groups excluding tert-OH is 3. The Kier molecular flexibility index (Phi) is 3.25. The van der Waals surface area contributed by atoms with E-state index in [0.29, 0.717) is 0 Å². The molecule has 94 valence electrons. The molecule has 0 spiro atoms. The van der Waals surface area contributed by atoms with Crippen molar-refractivity contribution in [3.63, 3.8) is 0 Å². The Bertz CT molecular complexity index is 368. The van der Waals surface area contributed by atoms with Crippen molar-refractivity contribution >= 4 is 11.7 Å². The van der Waals surface area contributed by atoms with Crippen LogP contribution in [0.2, 0.25) is 0 Å². The van der Waals surface area contributed by atoms with Crippen LogP contribution >= 0.6 is 0 Å². The summed E-state index contributed by atoms with van der Waals surface area (Å²) in [5.41, 5.74) is 0. The minimum absolute atomic E-state index is 0.289. The van der Waals surface area contributed by atoms with Gasteiger partial charge in [-0.2, -0.15) is 0 Å². The van der Waals surface area contributed by atoms with E-state index < -0.39 is 37.1 Å². The van der Waals surface area contributed by atoms with Crippen LogP contribution in [0.15, 0.2) is 12.3 Å². The van der Waals surface area contributed by atoms with E-state index in [-0.39, 0.29) is 12.2 Å². The number of hydrogen-bond acceptors (Lipinski definition) is 6. The van der Waals surface area contributed by atoms with Gasteiger partial charge in [0.15, 0.2) is 12.0 Å². The van der Waals surface area contributed by atoms with Crippen LogP contribution in [-0.4, -0.2) is 63.1 Å². The average molecular weight is 243 g/mol. The fraction of sp³-hybridized carbons (Fsp3) is 0.600. The number of aliphatic hydroxyl groups is 3. The van der Waals surface area contributed by atoms with E-state index in [1.165, 1.54) is 12.3 Å². The fourth-order valence-electron chi connectivity index (χ4n) is 1.88. The maximum absolute atomic E-state index is 11.6. The summed E-state index contributed by atoms with van der Waals surface area (Å²) in [6.45, 7) is -0.459. The third kappa shape index (κ3) is 2.09. The molecule has 7 heteroatoms. The standard InChI is InChI=1S/C10H13NO6/c12-4-6-8(15)9(16)10(17-6)11-2-1-5(13)3-7(11)14/h1-2,6,8-10,12,15-16H,3-4H2/t6-,8+,9+,10-/m0/s1. The van der Waals surface area contributed by atoms with Gasteiger partial charge in [-0.25, -0.2) is 0 Å². The summed E-state index contributed by atoms with van der Waals surface area (Å²) in [5.74, 6) is -0.828. The van der Waals surface area contributed by atoms with Crippen LogP contribution in [-0.2, 0) is 14.3 Å². The molecule has 0 radical (unpaired) electrons. The molecular weight excluding hydrogens is 230 g/mol. The van der Waals surface area contributed by atoms with Gasteiger partial charge < -0.3 is 20.1 Å². The third-order valence-electron chi connectivity index (χ3n) is 2.83. The maximum atomic E-state index is 11.6. The van der Waals surface area contributed by atoms with Gasteiger partial charge >= 0.3 is 0 Å². The molecule has 7 nitrogen and oxygen atoms in total. The number of hydrogen-bond donors (Lipinski definition) is 3. The van der Waals surface area contributed by atoms with E-state index in [4.69, 9.17) is 9.84 Å². The molecule has 4 atom stereocenters. The van der Waals surface area contributed by atoms with Crippen LogP contribution in [0.1, 0.15) is 6.42 Å². The van der Waals surface area contributed by atoms with Crippen molar-refractivity contribution in [3.05, 3.63) is 12.3 Å². The molecule has 2 aliphatic rings. The molecule has 0 aliphatic carbocycles. The van der Waals surface area contributed by atoms with E-state index in [2.05, 4.69) is 0 Å². The first-order valence-corrected chi connectivity index (χ1v) is 5.19. The first-order chi connectivity index (χ1) is 8.04. The normalized spacial score (nSPS) is 37.9. The highest BCUT2D eigenvalue weighted by molar-refractivity contribution is 6.06. The average Bonchev–Trinajstić information content (AvgIpc) is 2.57. The molecule has 3 N–H and O–H groups in total. The third-order valence-corrected chi connectivity index (χ3v) is 2.83. The molecular formula is C10H13NO6. The highest BCUT2D eigenvalue weighted by Crippen LogP contribution is 2.25. The minimum atomic E-state index is -1.31. The van der Waals surface area contributed by atoms with Gasteiger partial charge in [-0.3, -0.25) is 14.5 Å². The summed E-state index contributed by atoms with van der Waals surface area (Å²) in [5, 5.41) is 28.1. The van der Waals surface area contributed by atoms with E-state index >= 15 is 0 Å². The SMILES string of the molecule is O=C1C=CN([C@H]2O[C@@H](CO)[C@@H](O)[C@H]2O)C(=O)C1. The Morgan fingerprint density at radius 1 is 1.35 bits per heavy atom. The van der Waals surface area contributed by atoms with Crippen molar-refractivity contribution in [2.24, 2.45) is 0 Å². The van der Waals surface area contributed by atoms with Crippen molar-refractivity contribution in [2.75, 3.05) is 6.61 Å². The molecule has 2 aliphatic heterocycles. The monoisotopic (exact) mass is 243 g/mol. The van der Waals surface area contributed by atoms with E-state index in [9.17, 15) is 19.8 Å². The fourth-order valence-corrected chi connectivity index (χ4v) is 1.88. The quantitative estimate of drug-likeness (QED) is 0.472. The van der Waals surface area contributed by atoms with Gasteiger partial charge in [0.2, 0.25) is 5.91 Å². The Morgan fingerprint density at radius 2 is 2.06 bits per heavy atom. The lowest BCUT2D eigenvalue weighted by atomic mass is 10.1. The minimum Gasteiger partial charge on any atom is -0.394 e. The number of carbonyl (C=O) groups is 2. The molecule has 0 unspecified atom stereocenters. The molecule has 0 bridgehead atoms. The van der Waals surface area contributed by atoms with Crippen molar-refractivity contribution in [3.8, 4) is 0 Å². The predicted octanol–water partition coefficient (Wildman–Crippen LogP) is -2.26. The number of ether oxygens (including phenoxy) is 1. The van der Waals surface area contributed by atoms with Crippen LogP contribution in [0.3, 0.4) is 0 Å². The lowest BCUT2D eigenvalue weighted by molar-refractivity contribution is -0.148. The summed E-state index contributed by atoms with van der Waals surface area (Å²) in [7, 11) is 0. The van der Waals surface area contributed by atoms with Crippen LogP contribution in [0.25, 0.3) is 0 Å². The number of amides is 1. The van der Waals surface area contributed by atoms with E-state index in [1.807, 2.05) is 0 Å². The highest BCUT2D eigenvalue weighted by atomic mass is 16.6. The molecule has 0 aromatic carbocycles. The molecule has 1 amide bonds. The summed E-state index contributed by atoms with van der Waals surface area (Å²) in [6, 6.07) is 0. The zero-order chi connectivity index (χ0) is 12.6. The van der Waals surface area contributed by atoms with E-state index in [1.54, 1.807) is 0 Å². The molecule has 1 fully saturated rings. The topological polar surface area (TPSA) is 107 Å². The van der Waals surface area contributed by atoms with Gasteiger partial charge in [0.1, 0.15) is 18.3 Å². The van der Waals surface area contributed by atoms with Gasteiger partial charge in [0.25, 0.3) is 0 Å². The summed E-state index contributed by atoms with van der Waals surface area (Å²) >= 11 is 0. The van der Waals surface area contributed by atoms with Gasteiger partial charge in [-0.15, -0.1) is 0 Å². The second kappa shape index (κ2) is 4.53. The van der Waals surface area contributed by atoms with Gasteiger partial charge in [0, 0.05) is 6.20 Å². The molecule has 0 aromatic heterocycles. The van der Waals surface area contributed by atoms with Gasteiger partial charge in [-0.05, 0) is 6.08 Å². The lowest BCUT2D eigenvalue weighted by Crippen LogP contribution is -2.46. The summed E-state index contributed by atoms with van der Waals surface area (Å²) in [4.78, 5) is 23.6. The highest BCUT2D eigenvalue weighted by Gasteiger charge is 2.46. The summed E-state index contributed by atoms with van der Waals surface area (Å²) < 4.78 is 5.17. The van der Waals surface area contributed by atoms with E-state index in [0.717, 1.165) is 4.90 Å². The molecule has 2 heterocycles. The molecule has 1 saturated heterocycles. The molecule has 0 aromatic rings. The number of carbonyl (C=O) groups excluding carboxylic acids is 2. The number of ketones is 1. The number of allylic oxidation sites excluding steroid dienone is 1. The first kappa shape index (κ1) is 12.2. The Hall–Kier alpha value is -1.28. The van der Waals surface area contributed by atoms with Crippen LogP contribution < -0.4 is 0 Å². The second-order valence-electron chi connectivity index (χ2n) is 3.99. The zero-order valence-electron chi connectivity index (χ0n) is 8.89. The Morgan fingerprint density at radius 3 is 2.59 bits per heavy atom. The first-order valence-electron chi connectivity index (χ1n) is 5.19. The largest absolute Gasteiger partial charge is 0.394 e. The van der Waals surface area contributed by atoms with Gasteiger partial charge in [-0.1, -0.05) is 0 Å². The van der Waals surface area contributed by atoms with Crippen LogP contribution in [0.5, 0.6) is 0 Å². The van der Waals surface area contributed by atoms with Crippen molar-refractivity contribution < 1.29 is 29.6 Å². The Balaban J connectivity index is 2.16.